The van der Waals surface area contributed by atoms with Crippen LogP contribution in [0, 0.1) is 6.92 Å². The van der Waals surface area contributed by atoms with Crippen LogP contribution in [0.4, 0.5) is 0 Å². The zero-order valence-corrected chi connectivity index (χ0v) is 10.4. The van der Waals surface area contributed by atoms with Crippen molar-refractivity contribution >= 4 is 0 Å². The summed E-state index contributed by atoms with van der Waals surface area (Å²) in [5, 5.41) is 0. The molecule has 1 heterocycles. The lowest BCUT2D eigenvalue weighted by Gasteiger charge is -2.16. The van der Waals surface area contributed by atoms with Gasteiger partial charge in [-0.1, -0.05) is 29.8 Å². The van der Waals surface area contributed by atoms with Crippen molar-refractivity contribution < 1.29 is 0 Å². The minimum Gasteiger partial charge on any atom is -0.298 e. The van der Waals surface area contributed by atoms with Crippen LogP contribution in [-0.4, -0.2) is 16.9 Å². The number of hydrogen-bond acceptors (Lipinski definition) is 2. The molecule has 1 aromatic heterocycles. The van der Waals surface area contributed by atoms with Crippen molar-refractivity contribution in [2.75, 3.05) is 7.05 Å². The maximum Gasteiger partial charge on any atom is 0.0271 e. The lowest BCUT2D eigenvalue weighted by molar-refractivity contribution is 0.319. The van der Waals surface area contributed by atoms with Gasteiger partial charge in [-0.05, 0) is 37.2 Å². The van der Waals surface area contributed by atoms with E-state index >= 15 is 0 Å². The van der Waals surface area contributed by atoms with Gasteiger partial charge in [0.05, 0.1) is 0 Å². The molecule has 0 aliphatic heterocycles. The Morgan fingerprint density at radius 2 is 1.41 bits per heavy atom. The first kappa shape index (κ1) is 11.8. The first-order chi connectivity index (χ1) is 8.24. The first-order valence-electron chi connectivity index (χ1n) is 5.87. The number of aryl methyl sites for hydroxylation is 1. The van der Waals surface area contributed by atoms with Gasteiger partial charge in [-0.15, -0.1) is 0 Å². The zero-order valence-electron chi connectivity index (χ0n) is 10.4. The van der Waals surface area contributed by atoms with E-state index in [2.05, 4.69) is 60.3 Å². The van der Waals surface area contributed by atoms with E-state index in [0.717, 1.165) is 13.1 Å². The van der Waals surface area contributed by atoms with Crippen LogP contribution in [0.2, 0.25) is 0 Å². The minimum atomic E-state index is 0.955. The highest BCUT2D eigenvalue weighted by Crippen LogP contribution is 2.08. The monoisotopic (exact) mass is 226 g/mol. The average Bonchev–Trinajstić information content (AvgIpc) is 2.33. The van der Waals surface area contributed by atoms with Crippen LogP contribution in [0.3, 0.4) is 0 Å². The van der Waals surface area contributed by atoms with Crippen LogP contribution in [0.15, 0.2) is 48.8 Å². The highest BCUT2D eigenvalue weighted by atomic mass is 15.1. The van der Waals surface area contributed by atoms with Crippen molar-refractivity contribution in [1.29, 1.82) is 0 Å². The molecule has 2 nitrogen and oxygen atoms in total. The summed E-state index contributed by atoms with van der Waals surface area (Å²) in [5.74, 6) is 0. The number of pyridine rings is 1. The van der Waals surface area contributed by atoms with Crippen LogP contribution in [0.1, 0.15) is 16.7 Å². The third-order valence-electron chi connectivity index (χ3n) is 2.77. The lowest BCUT2D eigenvalue weighted by atomic mass is 10.1. The van der Waals surface area contributed by atoms with Crippen LogP contribution >= 0.6 is 0 Å². The number of aromatic nitrogens is 1. The van der Waals surface area contributed by atoms with Crippen LogP contribution in [0.5, 0.6) is 0 Å². The summed E-state index contributed by atoms with van der Waals surface area (Å²) in [6.07, 6.45) is 3.68. The molecule has 0 N–H and O–H groups in total. The molecule has 2 aromatic rings. The molecule has 0 radical (unpaired) electrons. The molecule has 0 spiro atoms. The lowest BCUT2D eigenvalue weighted by Crippen LogP contribution is -2.17. The summed E-state index contributed by atoms with van der Waals surface area (Å²) in [5.41, 5.74) is 3.97. The van der Waals surface area contributed by atoms with E-state index in [-0.39, 0.29) is 0 Å². The summed E-state index contributed by atoms with van der Waals surface area (Å²) < 4.78 is 0. The first-order valence-corrected chi connectivity index (χ1v) is 5.87. The third kappa shape index (κ3) is 3.68. The molecule has 0 saturated heterocycles. The average molecular weight is 226 g/mol. The summed E-state index contributed by atoms with van der Waals surface area (Å²) >= 11 is 0. The smallest absolute Gasteiger partial charge is 0.0271 e. The minimum absolute atomic E-state index is 0.955. The van der Waals surface area contributed by atoms with Gasteiger partial charge >= 0.3 is 0 Å². The Hall–Kier alpha value is -1.67. The summed E-state index contributed by atoms with van der Waals surface area (Å²) in [6, 6.07) is 12.8. The molecule has 0 unspecified atom stereocenters. The Morgan fingerprint density at radius 3 is 2.00 bits per heavy atom. The van der Waals surface area contributed by atoms with Crippen molar-refractivity contribution in [3.05, 3.63) is 65.5 Å². The Labute approximate surface area is 103 Å². The fourth-order valence-electron chi connectivity index (χ4n) is 1.86. The van der Waals surface area contributed by atoms with Gasteiger partial charge in [0.15, 0.2) is 0 Å². The van der Waals surface area contributed by atoms with Gasteiger partial charge in [0.2, 0.25) is 0 Å². The van der Waals surface area contributed by atoms with Gasteiger partial charge in [0, 0.05) is 25.5 Å². The topological polar surface area (TPSA) is 16.1 Å². The van der Waals surface area contributed by atoms with E-state index in [4.69, 9.17) is 0 Å². The van der Waals surface area contributed by atoms with E-state index in [1.54, 1.807) is 0 Å². The number of benzene rings is 1. The van der Waals surface area contributed by atoms with Gasteiger partial charge < -0.3 is 0 Å². The second kappa shape index (κ2) is 5.60. The Balaban J connectivity index is 1.93. The summed E-state index contributed by atoms with van der Waals surface area (Å²) in [6.45, 7) is 4.05. The maximum absolute atomic E-state index is 4.03. The Kier molecular flexibility index (Phi) is 3.89. The third-order valence-corrected chi connectivity index (χ3v) is 2.77. The normalized spacial score (nSPS) is 10.8. The quantitative estimate of drug-likeness (QED) is 0.796. The highest BCUT2D eigenvalue weighted by molar-refractivity contribution is 5.21. The fourth-order valence-corrected chi connectivity index (χ4v) is 1.86. The van der Waals surface area contributed by atoms with Gasteiger partial charge in [0.1, 0.15) is 0 Å². The van der Waals surface area contributed by atoms with Crippen molar-refractivity contribution in [3.63, 3.8) is 0 Å². The molecular formula is C15H18N2. The summed E-state index contributed by atoms with van der Waals surface area (Å²) in [4.78, 5) is 6.33. The van der Waals surface area contributed by atoms with Crippen molar-refractivity contribution in [2.24, 2.45) is 0 Å². The molecule has 0 atom stereocenters. The molecule has 1 aromatic carbocycles. The molecule has 0 amide bonds. The second-order valence-electron chi connectivity index (χ2n) is 4.51. The number of rotatable bonds is 4. The van der Waals surface area contributed by atoms with E-state index in [1.807, 2.05) is 12.4 Å². The van der Waals surface area contributed by atoms with E-state index in [1.165, 1.54) is 16.7 Å². The predicted octanol–water partition coefficient (Wildman–Crippen LogP) is 3.02. The van der Waals surface area contributed by atoms with Gasteiger partial charge in [-0.25, -0.2) is 0 Å². The van der Waals surface area contributed by atoms with Gasteiger partial charge in [-0.3, -0.25) is 9.88 Å². The molecule has 17 heavy (non-hydrogen) atoms. The molecule has 88 valence electrons. The molecule has 2 rings (SSSR count). The largest absolute Gasteiger partial charge is 0.298 e. The maximum atomic E-state index is 4.03. The van der Waals surface area contributed by atoms with Gasteiger partial charge in [0.25, 0.3) is 0 Å². The molecule has 0 aliphatic carbocycles. The standard InChI is InChI=1S/C15H18N2/c1-13-3-5-14(6-4-13)11-17(2)12-15-7-9-16-10-8-15/h3-10H,11-12H2,1-2H3. The van der Waals surface area contributed by atoms with Crippen molar-refractivity contribution in [2.45, 2.75) is 20.0 Å². The Bertz CT molecular complexity index is 448. The number of nitrogens with zero attached hydrogens (tertiary/aromatic N) is 2. The van der Waals surface area contributed by atoms with E-state index in [0.29, 0.717) is 0 Å². The molecular weight excluding hydrogens is 208 g/mol. The van der Waals surface area contributed by atoms with Gasteiger partial charge in [-0.2, -0.15) is 0 Å². The molecule has 2 heteroatoms. The molecule has 0 saturated carbocycles. The molecule has 0 bridgehead atoms. The van der Waals surface area contributed by atoms with Crippen LogP contribution < -0.4 is 0 Å². The zero-order chi connectivity index (χ0) is 12.1. The SMILES string of the molecule is Cc1ccc(CN(C)Cc2ccncc2)cc1. The molecule has 0 fully saturated rings. The van der Waals surface area contributed by atoms with Crippen LogP contribution in [0.25, 0.3) is 0 Å². The van der Waals surface area contributed by atoms with Crippen LogP contribution in [-0.2, 0) is 13.1 Å². The van der Waals surface area contributed by atoms with Crippen molar-refractivity contribution in [1.82, 2.24) is 9.88 Å². The summed E-state index contributed by atoms with van der Waals surface area (Å²) in [7, 11) is 2.14. The van der Waals surface area contributed by atoms with E-state index in [9.17, 15) is 0 Å². The second-order valence-corrected chi connectivity index (χ2v) is 4.51. The predicted molar refractivity (Wildman–Crippen MR) is 70.6 cm³/mol. The Morgan fingerprint density at radius 1 is 0.882 bits per heavy atom. The highest BCUT2D eigenvalue weighted by Gasteiger charge is 2.01. The number of hydrogen-bond donors (Lipinski definition) is 0. The fraction of sp³-hybridized carbons (Fsp3) is 0.267. The van der Waals surface area contributed by atoms with E-state index < -0.39 is 0 Å². The molecule has 0 aliphatic rings. The van der Waals surface area contributed by atoms with Crippen molar-refractivity contribution in [3.8, 4) is 0 Å².